The van der Waals surface area contributed by atoms with Crippen molar-refractivity contribution in [2.24, 2.45) is 5.92 Å². The van der Waals surface area contributed by atoms with Crippen LogP contribution in [0.1, 0.15) is 47.4 Å². The molecule has 1 amide bonds. The molecule has 4 aromatic rings. The number of aromatic amines is 1. The molecule has 2 aromatic heterocycles. The molecule has 0 bridgehead atoms. The number of carbonyl (C=O) groups excluding carboxylic acids is 1. The molecular formula is C25H27N3O3. The normalized spacial score (nSPS) is 16.4. The molecule has 0 aliphatic carbocycles. The number of H-pyrrole nitrogens is 1. The van der Waals surface area contributed by atoms with E-state index in [1.165, 1.54) is 16.6 Å². The number of oxazole rings is 1. The van der Waals surface area contributed by atoms with Gasteiger partial charge in [0.15, 0.2) is 11.5 Å². The van der Waals surface area contributed by atoms with E-state index in [1.807, 2.05) is 29.2 Å². The topological polar surface area (TPSA) is 71.4 Å². The molecule has 0 saturated carbocycles. The van der Waals surface area contributed by atoms with Crippen LogP contribution in [-0.4, -0.2) is 41.0 Å². The van der Waals surface area contributed by atoms with E-state index in [1.54, 1.807) is 7.11 Å². The number of carbonyl (C=O) groups is 1. The third kappa shape index (κ3) is 3.41. The third-order valence-corrected chi connectivity index (χ3v) is 6.17. The first-order valence-electron chi connectivity index (χ1n) is 10.9. The largest absolute Gasteiger partial charge is 0.441 e. The molecule has 1 aliphatic rings. The van der Waals surface area contributed by atoms with Gasteiger partial charge in [-0.05, 0) is 42.2 Å². The highest BCUT2D eigenvalue weighted by Crippen LogP contribution is 2.39. The van der Waals surface area contributed by atoms with Gasteiger partial charge in [0.25, 0.3) is 5.91 Å². The van der Waals surface area contributed by atoms with Crippen LogP contribution in [0.15, 0.2) is 46.9 Å². The number of para-hydroxylation sites is 1. The van der Waals surface area contributed by atoms with Crippen LogP contribution in [0.2, 0.25) is 0 Å². The van der Waals surface area contributed by atoms with Crippen molar-refractivity contribution in [1.29, 1.82) is 0 Å². The summed E-state index contributed by atoms with van der Waals surface area (Å²) in [4.78, 5) is 23.7. The second-order valence-corrected chi connectivity index (χ2v) is 8.53. The van der Waals surface area contributed by atoms with Crippen LogP contribution >= 0.6 is 0 Å². The van der Waals surface area contributed by atoms with Gasteiger partial charge in [0, 0.05) is 42.2 Å². The Labute approximate surface area is 181 Å². The van der Waals surface area contributed by atoms with Gasteiger partial charge < -0.3 is 19.0 Å². The number of ether oxygens (including phenoxy) is 1. The molecule has 0 radical (unpaired) electrons. The van der Waals surface area contributed by atoms with Crippen molar-refractivity contribution in [2.75, 3.05) is 20.3 Å². The van der Waals surface area contributed by atoms with E-state index >= 15 is 0 Å². The van der Waals surface area contributed by atoms with E-state index in [0.717, 1.165) is 17.5 Å². The monoisotopic (exact) mass is 417 g/mol. The van der Waals surface area contributed by atoms with E-state index in [0.29, 0.717) is 36.6 Å². The van der Waals surface area contributed by atoms with Gasteiger partial charge in [-0.15, -0.1) is 0 Å². The number of aromatic nitrogens is 2. The smallest absolute Gasteiger partial charge is 0.254 e. The van der Waals surface area contributed by atoms with Crippen molar-refractivity contribution in [2.45, 2.75) is 32.7 Å². The van der Waals surface area contributed by atoms with E-state index in [9.17, 15) is 4.79 Å². The predicted octanol–water partition coefficient (Wildman–Crippen LogP) is 4.89. The van der Waals surface area contributed by atoms with Crippen molar-refractivity contribution in [3.05, 3.63) is 65.2 Å². The number of nitrogens with one attached hydrogen (secondary N) is 1. The second-order valence-electron chi connectivity index (χ2n) is 8.53. The molecule has 2 aromatic carbocycles. The maximum Gasteiger partial charge on any atom is 0.254 e. The van der Waals surface area contributed by atoms with Crippen LogP contribution in [0.25, 0.3) is 22.0 Å². The standard InChI is InChI=1S/C25H27N3O3/c1-15(2)24-23-18(17-6-4-5-7-19(17)27-23)10-12-28(24)25(29)16-8-9-20-21(14-16)31-22(26-20)11-13-30-3/h4-9,14-15,24,27H,10-13H2,1-3H3/t24-/m1/s1. The number of benzene rings is 2. The molecule has 1 atom stereocenters. The van der Waals surface area contributed by atoms with Gasteiger partial charge in [-0.3, -0.25) is 4.79 Å². The van der Waals surface area contributed by atoms with Gasteiger partial charge in [0.2, 0.25) is 0 Å². The Hall–Kier alpha value is -3.12. The fraction of sp³-hybridized carbons (Fsp3) is 0.360. The first kappa shape index (κ1) is 19.8. The minimum Gasteiger partial charge on any atom is -0.441 e. The molecule has 0 fully saturated rings. The van der Waals surface area contributed by atoms with Gasteiger partial charge in [-0.1, -0.05) is 32.0 Å². The molecule has 31 heavy (non-hydrogen) atoms. The zero-order valence-corrected chi connectivity index (χ0v) is 18.1. The molecule has 6 heteroatoms. The SMILES string of the molecule is COCCc1nc2ccc(C(=O)N3CCc4c([nH]c5ccccc45)[C@H]3C(C)C)cc2o1. The molecule has 0 saturated heterocycles. The second kappa shape index (κ2) is 7.85. The Morgan fingerprint density at radius 1 is 1.29 bits per heavy atom. The third-order valence-electron chi connectivity index (χ3n) is 6.17. The first-order valence-corrected chi connectivity index (χ1v) is 10.9. The lowest BCUT2D eigenvalue weighted by Crippen LogP contribution is -2.42. The summed E-state index contributed by atoms with van der Waals surface area (Å²) in [5.74, 6) is 0.938. The summed E-state index contributed by atoms with van der Waals surface area (Å²) in [6, 6.07) is 13.9. The van der Waals surface area contributed by atoms with Crippen LogP contribution in [0.5, 0.6) is 0 Å². The van der Waals surface area contributed by atoms with Gasteiger partial charge in [-0.25, -0.2) is 4.98 Å². The summed E-state index contributed by atoms with van der Waals surface area (Å²) in [5.41, 5.74) is 5.68. The van der Waals surface area contributed by atoms with Crippen molar-refractivity contribution >= 4 is 27.9 Å². The number of fused-ring (bicyclic) bond motifs is 4. The summed E-state index contributed by atoms with van der Waals surface area (Å²) in [6.45, 7) is 5.60. The van der Waals surface area contributed by atoms with E-state index in [4.69, 9.17) is 9.15 Å². The Kier molecular flexibility index (Phi) is 5.02. The highest BCUT2D eigenvalue weighted by Gasteiger charge is 2.35. The average Bonchev–Trinajstić information content (AvgIpc) is 3.36. The number of rotatable bonds is 5. The highest BCUT2D eigenvalue weighted by atomic mass is 16.5. The lowest BCUT2D eigenvalue weighted by Gasteiger charge is -2.38. The minimum atomic E-state index is 0.00587. The summed E-state index contributed by atoms with van der Waals surface area (Å²) in [5, 5.41) is 1.27. The van der Waals surface area contributed by atoms with Crippen molar-refractivity contribution < 1.29 is 13.9 Å². The summed E-state index contributed by atoms with van der Waals surface area (Å²) in [6.07, 6.45) is 1.46. The van der Waals surface area contributed by atoms with Crippen LogP contribution < -0.4 is 0 Å². The predicted molar refractivity (Wildman–Crippen MR) is 120 cm³/mol. The van der Waals surface area contributed by atoms with Crippen LogP contribution in [0, 0.1) is 5.92 Å². The average molecular weight is 418 g/mol. The van der Waals surface area contributed by atoms with Gasteiger partial charge >= 0.3 is 0 Å². The maximum atomic E-state index is 13.6. The number of nitrogens with zero attached hydrogens (tertiary/aromatic N) is 2. The van der Waals surface area contributed by atoms with Crippen LogP contribution in [0.3, 0.4) is 0 Å². The number of amides is 1. The number of hydrogen-bond acceptors (Lipinski definition) is 4. The molecule has 5 rings (SSSR count). The first-order chi connectivity index (χ1) is 15.1. The molecule has 0 unspecified atom stereocenters. The Bertz CT molecular complexity index is 1250. The molecule has 1 aliphatic heterocycles. The zero-order valence-electron chi connectivity index (χ0n) is 18.1. The summed E-state index contributed by atoms with van der Waals surface area (Å²) in [7, 11) is 1.65. The van der Waals surface area contributed by atoms with Gasteiger partial charge in [0.1, 0.15) is 5.52 Å². The maximum absolute atomic E-state index is 13.6. The van der Waals surface area contributed by atoms with Gasteiger partial charge in [-0.2, -0.15) is 0 Å². The van der Waals surface area contributed by atoms with E-state index in [2.05, 4.69) is 42.0 Å². The number of hydrogen-bond donors (Lipinski definition) is 1. The molecule has 6 nitrogen and oxygen atoms in total. The van der Waals surface area contributed by atoms with Crippen molar-refractivity contribution in [1.82, 2.24) is 14.9 Å². The van der Waals surface area contributed by atoms with Crippen LogP contribution in [-0.2, 0) is 17.6 Å². The molecule has 3 heterocycles. The van der Waals surface area contributed by atoms with Crippen molar-refractivity contribution in [3.63, 3.8) is 0 Å². The summed E-state index contributed by atoms with van der Waals surface area (Å²) >= 11 is 0. The fourth-order valence-electron chi connectivity index (χ4n) is 4.76. The van der Waals surface area contributed by atoms with Gasteiger partial charge in [0.05, 0.1) is 12.6 Å². The van der Waals surface area contributed by atoms with E-state index in [-0.39, 0.29) is 17.9 Å². The Morgan fingerprint density at radius 3 is 2.94 bits per heavy atom. The minimum absolute atomic E-state index is 0.00587. The quantitative estimate of drug-likeness (QED) is 0.502. The Morgan fingerprint density at radius 2 is 2.13 bits per heavy atom. The number of methoxy groups -OCH3 is 1. The van der Waals surface area contributed by atoms with Crippen molar-refractivity contribution in [3.8, 4) is 0 Å². The molecule has 0 spiro atoms. The molecular weight excluding hydrogens is 390 g/mol. The molecule has 1 N–H and O–H groups in total. The fourth-order valence-corrected chi connectivity index (χ4v) is 4.76. The summed E-state index contributed by atoms with van der Waals surface area (Å²) < 4.78 is 11.0. The van der Waals surface area contributed by atoms with Crippen LogP contribution in [0.4, 0.5) is 0 Å². The lowest BCUT2D eigenvalue weighted by molar-refractivity contribution is 0.0598. The molecule has 160 valence electrons. The Balaban J connectivity index is 1.49. The van der Waals surface area contributed by atoms with E-state index < -0.39 is 0 Å². The highest BCUT2D eigenvalue weighted by molar-refractivity contribution is 5.98. The zero-order chi connectivity index (χ0) is 21.5. The lowest BCUT2D eigenvalue weighted by atomic mass is 9.89.